The van der Waals surface area contributed by atoms with E-state index in [1.165, 1.54) is 11.8 Å². The number of rotatable bonds is 9. The van der Waals surface area contributed by atoms with Crippen molar-refractivity contribution in [2.45, 2.75) is 11.8 Å². The van der Waals surface area contributed by atoms with Crippen LogP contribution in [0.5, 0.6) is 0 Å². The van der Waals surface area contributed by atoms with Crippen LogP contribution in [0.2, 0.25) is 5.02 Å². The highest BCUT2D eigenvalue weighted by atomic mass is 79.9. The average molecular weight is 635 g/mol. The molecule has 3 N–H and O–H groups in total. The number of carbonyl (C=O) groups is 3. The molecule has 4 aromatic carbocycles. The van der Waals surface area contributed by atoms with Crippen LogP contribution in [0.25, 0.3) is 6.08 Å². The normalized spacial score (nSPS) is 11.0. The molecule has 0 heterocycles. The lowest BCUT2D eigenvalue weighted by Gasteiger charge is -2.12. The monoisotopic (exact) mass is 633 g/mol. The molecule has 0 aromatic heterocycles. The minimum atomic E-state index is -0.486. The number of anilines is 2. The van der Waals surface area contributed by atoms with E-state index in [1.807, 2.05) is 43.3 Å². The minimum Gasteiger partial charge on any atom is -0.325 e. The van der Waals surface area contributed by atoms with Crippen LogP contribution in [0.1, 0.15) is 21.5 Å². The fourth-order valence-electron chi connectivity index (χ4n) is 3.65. The summed E-state index contributed by atoms with van der Waals surface area (Å²) >= 11 is 10.9. The molecule has 0 unspecified atom stereocenters. The van der Waals surface area contributed by atoms with Crippen LogP contribution in [-0.4, -0.2) is 23.5 Å². The van der Waals surface area contributed by atoms with E-state index >= 15 is 0 Å². The molecule has 4 rings (SSSR count). The summed E-state index contributed by atoms with van der Waals surface area (Å²) in [5.41, 5.74) is 3.24. The first-order valence-electron chi connectivity index (χ1n) is 12.2. The smallest absolute Gasteiger partial charge is 0.272 e. The van der Waals surface area contributed by atoms with Gasteiger partial charge in [0.05, 0.1) is 5.75 Å². The van der Waals surface area contributed by atoms with Gasteiger partial charge < -0.3 is 16.0 Å². The highest BCUT2D eigenvalue weighted by Crippen LogP contribution is 2.25. The topological polar surface area (TPSA) is 87.3 Å². The van der Waals surface area contributed by atoms with Crippen LogP contribution in [-0.2, 0) is 9.59 Å². The van der Waals surface area contributed by atoms with Gasteiger partial charge in [0.15, 0.2) is 0 Å². The molecule has 0 aliphatic carbocycles. The van der Waals surface area contributed by atoms with Gasteiger partial charge >= 0.3 is 0 Å². The van der Waals surface area contributed by atoms with Crippen LogP contribution in [0.4, 0.5) is 11.4 Å². The molecular formula is C31H25BrClN3O3S. The van der Waals surface area contributed by atoms with Crippen molar-refractivity contribution in [3.63, 3.8) is 0 Å². The lowest BCUT2D eigenvalue weighted by Crippen LogP contribution is -2.30. The molecule has 0 radical (unpaired) electrons. The molecule has 0 atom stereocenters. The predicted octanol–water partition coefficient (Wildman–Crippen LogP) is 7.55. The van der Waals surface area contributed by atoms with E-state index in [0.717, 1.165) is 20.5 Å². The summed E-state index contributed by atoms with van der Waals surface area (Å²) in [4.78, 5) is 39.5. The predicted molar refractivity (Wildman–Crippen MR) is 167 cm³/mol. The summed E-state index contributed by atoms with van der Waals surface area (Å²) in [7, 11) is 0. The molecular weight excluding hydrogens is 610 g/mol. The number of benzene rings is 4. The van der Waals surface area contributed by atoms with Crippen molar-refractivity contribution in [3.8, 4) is 0 Å². The summed E-state index contributed by atoms with van der Waals surface area (Å²) in [5, 5.41) is 9.05. The van der Waals surface area contributed by atoms with Gasteiger partial charge in [-0.3, -0.25) is 14.4 Å². The second-order valence-corrected chi connectivity index (χ2v) is 11.0. The third-order valence-electron chi connectivity index (χ3n) is 5.69. The maximum absolute atomic E-state index is 13.3. The lowest BCUT2D eigenvalue weighted by atomic mass is 10.1. The van der Waals surface area contributed by atoms with E-state index in [0.29, 0.717) is 22.0 Å². The van der Waals surface area contributed by atoms with E-state index in [2.05, 4.69) is 31.9 Å². The van der Waals surface area contributed by atoms with Crippen molar-refractivity contribution in [3.05, 3.63) is 129 Å². The molecule has 0 saturated carbocycles. The van der Waals surface area contributed by atoms with Gasteiger partial charge in [0.2, 0.25) is 5.91 Å². The third kappa shape index (κ3) is 8.32. The van der Waals surface area contributed by atoms with Crippen LogP contribution >= 0.6 is 39.3 Å². The van der Waals surface area contributed by atoms with Crippen molar-refractivity contribution in [1.82, 2.24) is 5.32 Å². The number of amides is 3. The van der Waals surface area contributed by atoms with Crippen molar-refractivity contribution in [2.24, 2.45) is 0 Å². The first-order valence-corrected chi connectivity index (χ1v) is 14.4. The van der Waals surface area contributed by atoms with Crippen LogP contribution < -0.4 is 16.0 Å². The SMILES string of the molecule is Cc1c(Cl)cccc1NC(=O)CSc1cccc(NC(=O)/C(=C\c2cccc(Br)c2)NC(=O)c2ccccc2)c1. The van der Waals surface area contributed by atoms with Crippen molar-refractivity contribution in [2.75, 3.05) is 16.4 Å². The second kappa shape index (κ2) is 14.0. The standard InChI is InChI=1S/C31H25BrClN3O3S/c1-20-26(33)14-7-15-27(20)35-29(37)19-40-25-13-6-12-24(18-25)34-31(39)28(17-21-8-5-11-23(32)16-21)36-30(38)22-9-3-2-4-10-22/h2-18H,19H2,1H3,(H,34,39)(H,35,37)(H,36,38)/b28-17+. The molecule has 0 bridgehead atoms. The number of hydrogen-bond donors (Lipinski definition) is 3. The van der Waals surface area contributed by atoms with Crippen molar-refractivity contribution >= 4 is 74.5 Å². The number of nitrogens with one attached hydrogen (secondary N) is 3. The molecule has 202 valence electrons. The molecule has 6 nitrogen and oxygen atoms in total. The Labute approximate surface area is 250 Å². The van der Waals surface area contributed by atoms with E-state index in [9.17, 15) is 14.4 Å². The number of carbonyl (C=O) groups excluding carboxylic acids is 3. The molecule has 4 aromatic rings. The summed E-state index contributed by atoms with van der Waals surface area (Å²) < 4.78 is 0.842. The zero-order chi connectivity index (χ0) is 28.5. The highest BCUT2D eigenvalue weighted by molar-refractivity contribution is 9.10. The first-order chi connectivity index (χ1) is 19.3. The molecule has 0 spiro atoms. The lowest BCUT2D eigenvalue weighted by molar-refractivity contribution is -0.114. The van der Waals surface area contributed by atoms with E-state index in [4.69, 9.17) is 11.6 Å². The third-order valence-corrected chi connectivity index (χ3v) is 7.59. The van der Waals surface area contributed by atoms with Gasteiger partial charge in [-0.15, -0.1) is 11.8 Å². The fraction of sp³-hybridized carbons (Fsp3) is 0.0645. The minimum absolute atomic E-state index is 0.0845. The van der Waals surface area contributed by atoms with Gasteiger partial charge in [0.25, 0.3) is 11.8 Å². The van der Waals surface area contributed by atoms with E-state index < -0.39 is 11.8 Å². The Morgan fingerprint density at radius 3 is 2.40 bits per heavy atom. The molecule has 40 heavy (non-hydrogen) atoms. The van der Waals surface area contributed by atoms with Gasteiger partial charge in [0, 0.05) is 31.3 Å². The Balaban J connectivity index is 1.45. The molecule has 3 amide bonds. The Morgan fingerprint density at radius 1 is 0.875 bits per heavy atom. The molecule has 0 aliphatic heterocycles. The second-order valence-electron chi connectivity index (χ2n) is 8.66. The molecule has 0 aliphatic rings. The van der Waals surface area contributed by atoms with Crippen LogP contribution in [0, 0.1) is 6.92 Å². The maximum Gasteiger partial charge on any atom is 0.272 e. The van der Waals surface area contributed by atoms with Gasteiger partial charge in [0.1, 0.15) is 5.70 Å². The van der Waals surface area contributed by atoms with Crippen molar-refractivity contribution < 1.29 is 14.4 Å². The highest BCUT2D eigenvalue weighted by Gasteiger charge is 2.16. The van der Waals surface area contributed by atoms with Crippen LogP contribution in [0.3, 0.4) is 0 Å². The Hall–Kier alpha value is -3.85. The summed E-state index contributed by atoms with van der Waals surface area (Å²) in [6.07, 6.45) is 1.61. The first kappa shape index (κ1) is 29.1. The Kier molecular flexibility index (Phi) is 10.2. The van der Waals surface area contributed by atoms with E-state index in [1.54, 1.807) is 66.7 Å². The number of halogens is 2. The average Bonchev–Trinajstić information content (AvgIpc) is 2.95. The molecule has 0 fully saturated rings. The van der Waals surface area contributed by atoms with Gasteiger partial charge in [-0.25, -0.2) is 0 Å². The fourth-order valence-corrected chi connectivity index (χ4v) is 4.99. The van der Waals surface area contributed by atoms with Crippen LogP contribution in [0.15, 0.2) is 112 Å². The van der Waals surface area contributed by atoms with Gasteiger partial charge in [-0.2, -0.15) is 0 Å². The summed E-state index contributed by atoms with van der Waals surface area (Å²) in [5.74, 6) is -0.889. The molecule has 9 heteroatoms. The number of thioether (sulfide) groups is 1. The number of hydrogen-bond acceptors (Lipinski definition) is 4. The van der Waals surface area contributed by atoms with Crippen molar-refractivity contribution in [1.29, 1.82) is 0 Å². The summed E-state index contributed by atoms with van der Waals surface area (Å²) in [6.45, 7) is 1.85. The van der Waals surface area contributed by atoms with Gasteiger partial charge in [-0.1, -0.05) is 70.0 Å². The zero-order valence-electron chi connectivity index (χ0n) is 21.4. The Morgan fingerprint density at radius 2 is 1.62 bits per heavy atom. The zero-order valence-corrected chi connectivity index (χ0v) is 24.6. The largest absolute Gasteiger partial charge is 0.325 e. The van der Waals surface area contributed by atoms with E-state index in [-0.39, 0.29) is 17.4 Å². The summed E-state index contributed by atoms with van der Waals surface area (Å²) in [6, 6.07) is 28.6. The van der Waals surface area contributed by atoms with Gasteiger partial charge in [-0.05, 0) is 78.7 Å². The molecule has 0 saturated heterocycles. The maximum atomic E-state index is 13.3. The Bertz CT molecular complexity index is 1580. The quantitative estimate of drug-likeness (QED) is 0.131.